The zero-order valence-corrected chi connectivity index (χ0v) is 9.53. The van der Waals surface area contributed by atoms with Crippen LogP contribution < -0.4 is 10.2 Å². The lowest BCUT2D eigenvalue weighted by Crippen LogP contribution is -2.43. The van der Waals surface area contributed by atoms with Crippen molar-refractivity contribution in [3.05, 3.63) is 5.69 Å². The number of nitrogens with one attached hydrogen (secondary N) is 1. The number of hydrogen-bond acceptors (Lipinski definition) is 3. The molecule has 0 aliphatic carbocycles. The van der Waals surface area contributed by atoms with E-state index in [2.05, 4.69) is 29.2 Å². The molecule has 0 saturated carbocycles. The molecule has 2 rings (SSSR count). The van der Waals surface area contributed by atoms with Gasteiger partial charge in [-0.15, -0.1) is 0 Å². The van der Waals surface area contributed by atoms with E-state index in [1.807, 2.05) is 18.7 Å². The average Bonchev–Trinajstić information content (AvgIpc) is 2.41. The normalized spacial score (nSPS) is 15.5. The fourth-order valence-electron chi connectivity index (χ4n) is 1.96. The highest BCUT2D eigenvalue weighted by Gasteiger charge is 2.28. The predicted octanol–water partition coefficient (Wildman–Crippen LogP) is 0.895. The summed E-state index contributed by atoms with van der Waals surface area (Å²) in [5.74, 6) is 1.04. The SMILES string of the molecule is Cc1nn(C)c2c1NC(=O)CN2C(C)C. The minimum atomic E-state index is 0.0345. The van der Waals surface area contributed by atoms with Crippen LogP contribution in [-0.4, -0.2) is 28.3 Å². The third-order valence-corrected chi connectivity index (χ3v) is 2.67. The fraction of sp³-hybridized carbons (Fsp3) is 0.600. The van der Waals surface area contributed by atoms with E-state index >= 15 is 0 Å². The van der Waals surface area contributed by atoms with Crippen LogP contribution in [-0.2, 0) is 11.8 Å². The Bertz CT molecular complexity index is 408. The smallest absolute Gasteiger partial charge is 0.244 e. The molecule has 1 aromatic rings. The summed E-state index contributed by atoms with van der Waals surface area (Å²) in [7, 11) is 1.90. The lowest BCUT2D eigenvalue weighted by molar-refractivity contribution is -0.115. The molecule has 2 heterocycles. The van der Waals surface area contributed by atoms with Crippen LogP contribution in [0.1, 0.15) is 19.5 Å². The van der Waals surface area contributed by atoms with Gasteiger partial charge in [-0.2, -0.15) is 5.10 Å². The zero-order chi connectivity index (χ0) is 11.2. The molecular formula is C10H16N4O. The molecule has 1 aliphatic rings. The van der Waals surface area contributed by atoms with E-state index in [-0.39, 0.29) is 5.91 Å². The Hall–Kier alpha value is -1.52. The molecule has 5 heteroatoms. The molecule has 1 amide bonds. The van der Waals surface area contributed by atoms with Crippen molar-refractivity contribution < 1.29 is 4.79 Å². The summed E-state index contributed by atoms with van der Waals surface area (Å²) in [6.07, 6.45) is 0. The van der Waals surface area contributed by atoms with E-state index in [4.69, 9.17) is 0 Å². The molecule has 0 saturated heterocycles. The van der Waals surface area contributed by atoms with Gasteiger partial charge in [0, 0.05) is 13.1 Å². The highest BCUT2D eigenvalue weighted by molar-refractivity contribution is 6.01. The van der Waals surface area contributed by atoms with Crippen molar-refractivity contribution in [2.75, 3.05) is 16.8 Å². The van der Waals surface area contributed by atoms with Gasteiger partial charge in [0.1, 0.15) is 5.69 Å². The molecule has 0 unspecified atom stereocenters. The summed E-state index contributed by atoms with van der Waals surface area (Å²) in [5, 5.41) is 7.19. The summed E-state index contributed by atoms with van der Waals surface area (Å²) in [5.41, 5.74) is 1.72. The second kappa shape index (κ2) is 3.25. The number of hydrogen-bond donors (Lipinski definition) is 1. The summed E-state index contributed by atoms with van der Waals surface area (Å²) in [4.78, 5) is 13.6. The van der Waals surface area contributed by atoms with Crippen LogP contribution in [0.5, 0.6) is 0 Å². The Labute approximate surface area is 89.1 Å². The molecule has 0 aromatic carbocycles. The van der Waals surface area contributed by atoms with Crippen molar-refractivity contribution in [1.82, 2.24) is 9.78 Å². The molecular weight excluding hydrogens is 192 g/mol. The summed E-state index contributed by atoms with van der Waals surface area (Å²) in [6.45, 7) is 6.46. The number of rotatable bonds is 1. The van der Waals surface area contributed by atoms with Crippen molar-refractivity contribution in [2.45, 2.75) is 26.8 Å². The Morgan fingerprint density at radius 1 is 1.47 bits per heavy atom. The first-order valence-electron chi connectivity index (χ1n) is 5.10. The first-order valence-corrected chi connectivity index (χ1v) is 5.10. The van der Waals surface area contributed by atoms with Gasteiger partial charge in [0.2, 0.25) is 5.91 Å². The number of aromatic nitrogens is 2. The molecule has 0 spiro atoms. The maximum atomic E-state index is 11.5. The Morgan fingerprint density at radius 2 is 2.13 bits per heavy atom. The number of aryl methyl sites for hydroxylation is 2. The van der Waals surface area contributed by atoms with Gasteiger partial charge in [-0.05, 0) is 20.8 Å². The van der Waals surface area contributed by atoms with Gasteiger partial charge >= 0.3 is 0 Å². The number of carbonyl (C=O) groups excluding carboxylic acids is 1. The van der Waals surface area contributed by atoms with E-state index in [0.717, 1.165) is 17.2 Å². The summed E-state index contributed by atoms with van der Waals surface area (Å²) >= 11 is 0. The van der Waals surface area contributed by atoms with Crippen LogP contribution in [0, 0.1) is 6.92 Å². The van der Waals surface area contributed by atoms with Gasteiger partial charge in [-0.3, -0.25) is 9.48 Å². The number of amides is 1. The molecule has 0 atom stereocenters. The lowest BCUT2D eigenvalue weighted by Gasteiger charge is -2.32. The second-order valence-corrected chi connectivity index (χ2v) is 4.18. The van der Waals surface area contributed by atoms with Crippen molar-refractivity contribution in [3.8, 4) is 0 Å². The molecule has 0 bridgehead atoms. The Morgan fingerprint density at radius 3 is 2.73 bits per heavy atom. The first kappa shape index (κ1) is 10.0. The van der Waals surface area contributed by atoms with Crippen molar-refractivity contribution >= 4 is 17.4 Å². The van der Waals surface area contributed by atoms with Crippen LogP contribution in [0.2, 0.25) is 0 Å². The number of anilines is 2. The van der Waals surface area contributed by atoms with Crippen molar-refractivity contribution in [1.29, 1.82) is 0 Å². The third-order valence-electron chi connectivity index (χ3n) is 2.67. The highest BCUT2D eigenvalue weighted by atomic mass is 16.2. The fourth-order valence-corrected chi connectivity index (χ4v) is 1.96. The van der Waals surface area contributed by atoms with Crippen LogP contribution in [0.3, 0.4) is 0 Å². The largest absolute Gasteiger partial charge is 0.343 e. The van der Waals surface area contributed by atoms with Gasteiger partial charge in [0.15, 0.2) is 5.82 Å². The van der Waals surface area contributed by atoms with E-state index < -0.39 is 0 Å². The molecule has 82 valence electrons. The Balaban J connectivity index is 2.53. The molecule has 1 N–H and O–H groups in total. The molecule has 1 aliphatic heterocycles. The standard InChI is InChI=1S/C10H16N4O/c1-6(2)14-5-8(15)11-9-7(3)12-13(4)10(9)14/h6H,5H2,1-4H3,(H,11,15). The summed E-state index contributed by atoms with van der Waals surface area (Å²) < 4.78 is 1.82. The molecule has 0 radical (unpaired) electrons. The number of nitrogens with zero attached hydrogens (tertiary/aromatic N) is 3. The number of carbonyl (C=O) groups is 1. The monoisotopic (exact) mass is 208 g/mol. The first-order chi connectivity index (χ1) is 7.00. The molecule has 15 heavy (non-hydrogen) atoms. The van der Waals surface area contributed by atoms with E-state index in [1.165, 1.54) is 0 Å². The zero-order valence-electron chi connectivity index (χ0n) is 9.53. The van der Waals surface area contributed by atoms with Crippen LogP contribution in [0.4, 0.5) is 11.5 Å². The van der Waals surface area contributed by atoms with Gasteiger partial charge in [0.25, 0.3) is 0 Å². The summed E-state index contributed by atoms with van der Waals surface area (Å²) in [6, 6.07) is 0.296. The maximum Gasteiger partial charge on any atom is 0.244 e. The Kier molecular flexibility index (Phi) is 2.17. The van der Waals surface area contributed by atoms with Gasteiger partial charge in [0.05, 0.1) is 12.2 Å². The minimum absolute atomic E-state index is 0.0345. The molecule has 0 fully saturated rings. The second-order valence-electron chi connectivity index (χ2n) is 4.18. The molecule has 5 nitrogen and oxygen atoms in total. The highest BCUT2D eigenvalue weighted by Crippen LogP contribution is 2.32. The van der Waals surface area contributed by atoms with Crippen molar-refractivity contribution in [2.24, 2.45) is 7.05 Å². The molecule has 1 aromatic heterocycles. The van der Waals surface area contributed by atoms with Crippen LogP contribution in [0.25, 0.3) is 0 Å². The maximum absolute atomic E-state index is 11.5. The van der Waals surface area contributed by atoms with Crippen molar-refractivity contribution in [3.63, 3.8) is 0 Å². The lowest BCUT2D eigenvalue weighted by atomic mass is 10.2. The van der Waals surface area contributed by atoms with Crippen LogP contribution >= 0.6 is 0 Å². The minimum Gasteiger partial charge on any atom is -0.343 e. The van der Waals surface area contributed by atoms with Gasteiger partial charge < -0.3 is 10.2 Å². The van der Waals surface area contributed by atoms with E-state index in [1.54, 1.807) is 0 Å². The van der Waals surface area contributed by atoms with Gasteiger partial charge in [-0.1, -0.05) is 0 Å². The quantitative estimate of drug-likeness (QED) is 0.746. The number of fused-ring (bicyclic) bond motifs is 1. The van der Waals surface area contributed by atoms with E-state index in [9.17, 15) is 4.79 Å². The topological polar surface area (TPSA) is 50.2 Å². The third kappa shape index (κ3) is 1.48. The van der Waals surface area contributed by atoms with E-state index in [0.29, 0.717) is 12.6 Å². The van der Waals surface area contributed by atoms with Gasteiger partial charge in [-0.25, -0.2) is 0 Å². The predicted molar refractivity (Wildman–Crippen MR) is 59.1 cm³/mol. The van der Waals surface area contributed by atoms with Crippen LogP contribution in [0.15, 0.2) is 0 Å². The average molecular weight is 208 g/mol.